The first kappa shape index (κ1) is 21.6. The maximum Gasteiger partial charge on any atom is 0.129 e. The summed E-state index contributed by atoms with van der Waals surface area (Å²) in [7, 11) is 0. The van der Waals surface area contributed by atoms with Gasteiger partial charge in [-0.2, -0.15) is 0 Å². The number of nitrogens with zero attached hydrogens (tertiary/aromatic N) is 1. The van der Waals surface area contributed by atoms with Crippen LogP contribution in [-0.2, 0) is 0 Å². The van der Waals surface area contributed by atoms with Gasteiger partial charge in [0.15, 0.2) is 0 Å². The maximum absolute atomic E-state index is 12.5. The molecular weight excluding hydrogens is 309 g/mol. The van der Waals surface area contributed by atoms with Gasteiger partial charge in [-0.3, -0.25) is 0 Å². The molecule has 0 saturated heterocycles. The fourth-order valence-electron chi connectivity index (χ4n) is 1.09. The van der Waals surface area contributed by atoms with Gasteiger partial charge in [-0.15, -0.1) is 0 Å². The summed E-state index contributed by atoms with van der Waals surface area (Å²) in [4.78, 5) is 3.84. The monoisotopic (exact) mass is 337 g/mol. The maximum atomic E-state index is 12.5. The van der Waals surface area contributed by atoms with Crippen molar-refractivity contribution in [2.75, 3.05) is 0 Å². The van der Waals surface area contributed by atoms with Crippen LogP contribution in [0.3, 0.4) is 0 Å². The lowest BCUT2D eigenvalue weighted by atomic mass is 9.97. The highest BCUT2D eigenvalue weighted by atomic mass is 35.5. The predicted octanol–water partition coefficient (Wildman–Crippen LogP) is 6.74. The molecule has 0 aliphatic carbocycles. The molecule has 0 radical (unpaired) electrons. The first-order valence-electron chi connectivity index (χ1n) is 7.82. The van der Waals surface area contributed by atoms with Crippen LogP contribution in [-0.4, -0.2) is 10.7 Å². The minimum atomic E-state index is -1.00. The summed E-state index contributed by atoms with van der Waals surface area (Å²) in [5, 5.41) is 0.551. The van der Waals surface area contributed by atoms with Crippen molar-refractivity contribution >= 4 is 11.6 Å². The molecule has 1 heterocycles. The molecule has 1 aromatic carbocycles. The number of hydrogen-bond donors (Lipinski definition) is 0. The lowest BCUT2D eigenvalue weighted by Crippen LogP contribution is -2.19. The van der Waals surface area contributed by atoms with Crippen molar-refractivity contribution in [3.05, 3.63) is 64.4 Å². The van der Waals surface area contributed by atoms with Gasteiger partial charge in [0, 0.05) is 6.20 Å². The summed E-state index contributed by atoms with van der Waals surface area (Å²) < 4.78 is 12.5. The largest absolute Gasteiger partial charge is 0.244 e. The Morgan fingerprint density at radius 2 is 1.22 bits per heavy atom. The molecule has 3 heteroatoms. The highest BCUT2D eigenvalue weighted by Crippen LogP contribution is 2.18. The van der Waals surface area contributed by atoms with E-state index in [0.29, 0.717) is 5.15 Å². The lowest BCUT2D eigenvalue weighted by Gasteiger charge is -2.17. The van der Waals surface area contributed by atoms with E-state index in [1.807, 2.05) is 26.8 Å². The number of hydrogen-bond acceptors (Lipinski definition) is 1. The number of halogens is 2. The second-order valence-electron chi connectivity index (χ2n) is 6.53. The van der Waals surface area contributed by atoms with E-state index in [1.165, 1.54) is 11.1 Å². The number of aromatic nitrogens is 1. The topological polar surface area (TPSA) is 12.9 Å². The van der Waals surface area contributed by atoms with E-state index in [2.05, 4.69) is 43.1 Å². The summed E-state index contributed by atoms with van der Waals surface area (Å²) in [6.45, 7) is 13.1. The molecule has 2 rings (SSSR count). The van der Waals surface area contributed by atoms with Gasteiger partial charge in [-0.1, -0.05) is 66.9 Å². The molecule has 0 fully saturated rings. The fraction of sp³-hybridized carbons (Fsp3) is 0.450. The van der Waals surface area contributed by atoms with Crippen molar-refractivity contribution in [1.29, 1.82) is 0 Å². The zero-order chi connectivity index (χ0) is 18.0. The van der Waals surface area contributed by atoms with Crippen molar-refractivity contribution in [3.63, 3.8) is 0 Å². The van der Waals surface area contributed by atoms with Crippen LogP contribution in [0.25, 0.3) is 0 Å². The summed E-state index contributed by atoms with van der Waals surface area (Å²) in [5.74, 6) is 0.132. The van der Waals surface area contributed by atoms with E-state index in [1.54, 1.807) is 26.1 Å². The van der Waals surface area contributed by atoms with E-state index in [9.17, 15) is 4.39 Å². The second kappa shape index (κ2) is 10.4. The van der Waals surface area contributed by atoms with Gasteiger partial charge in [-0.05, 0) is 52.2 Å². The molecular formula is C20H29ClFN. The molecule has 0 aliphatic rings. The first-order valence-corrected chi connectivity index (χ1v) is 8.20. The molecule has 0 spiro atoms. The Hall–Kier alpha value is -1.41. The van der Waals surface area contributed by atoms with E-state index < -0.39 is 5.67 Å². The summed E-state index contributed by atoms with van der Waals surface area (Å²) in [6, 6.07) is 12.2. The van der Waals surface area contributed by atoms with E-state index in [0.717, 1.165) is 5.56 Å². The highest BCUT2D eigenvalue weighted by Gasteiger charge is 2.19. The normalized spacial score (nSPS) is 10.3. The van der Waals surface area contributed by atoms with Crippen LogP contribution in [0, 0.1) is 26.7 Å². The van der Waals surface area contributed by atoms with Gasteiger partial charge >= 0.3 is 0 Å². The van der Waals surface area contributed by atoms with Gasteiger partial charge in [0.05, 0.1) is 0 Å². The quantitative estimate of drug-likeness (QED) is 0.525. The molecule has 0 atom stereocenters. The van der Waals surface area contributed by atoms with Crippen LogP contribution < -0.4 is 0 Å². The van der Waals surface area contributed by atoms with Gasteiger partial charge in [0.2, 0.25) is 0 Å². The van der Waals surface area contributed by atoms with Crippen molar-refractivity contribution in [2.24, 2.45) is 5.92 Å². The molecule has 0 saturated carbocycles. The lowest BCUT2D eigenvalue weighted by molar-refractivity contribution is 0.148. The smallest absolute Gasteiger partial charge is 0.129 e. The van der Waals surface area contributed by atoms with Crippen molar-refractivity contribution in [1.82, 2.24) is 4.98 Å². The third-order valence-corrected chi connectivity index (χ3v) is 3.69. The van der Waals surface area contributed by atoms with Crippen LogP contribution in [0.15, 0.2) is 42.6 Å². The Morgan fingerprint density at radius 1 is 0.870 bits per heavy atom. The zero-order valence-corrected chi connectivity index (χ0v) is 16.1. The Bertz CT molecular complexity index is 454. The Labute approximate surface area is 145 Å². The summed E-state index contributed by atoms with van der Waals surface area (Å²) in [6.07, 6.45) is 1.74. The van der Waals surface area contributed by atoms with Crippen LogP contribution in [0.5, 0.6) is 0 Å². The number of pyridine rings is 1. The second-order valence-corrected chi connectivity index (χ2v) is 6.92. The van der Waals surface area contributed by atoms with E-state index >= 15 is 0 Å². The predicted molar refractivity (Wildman–Crippen MR) is 99.9 cm³/mol. The highest BCUT2D eigenvalue weighted by molar-refractivity contribution is 6.29. The van der Waals surface area contributed by atoms with Gasteiger partial charge in [0.1, 0.15) is 10.8 Å². The summed E-state index contributed by atoms with van der Waals surface area (Å²) >= 11 is 5.50. The molecule has 1 aromatic heterocycles. The van der Waals surface area contributed by atoms with E-state index in [-0.39, 0.29) is 5.92 Å². The minimum Gasteiger partial charge on any atom is -0.244 e. The SMILES string of the molecule is CC(C)C(C)(C)F.Cc1ccc(C)cc1.Cc1ccc(Cl)nc1. The minimum absolute atomic E-state index is 0.132. The Morgan fingerprint density at radius 3 is 1.43 bits per heavy atom. The van der Waals surface area contributed by atoms with Crippen molar-refractivity contribution in [2.45, 2.75) is 54.1 Å². The first-order chi connectivity index (χ1) is 10.5. The Balaban J connectivity index is 0.000000317. The fourth-order valence-corrected chi connectivity index (χ4v) is 1.20. The molecule has 0 N–H and O–H groups in total. The summed E-state index contributed by atoms with van der Waals surface area (Å²) in [5.41, 5.74) is 2.79. The average Bonchev–Trinajstić information content (AvgIpc) is 2.46. The van der Waals surface area contributed by atoms with Gasteiger partial charge < -0.3 is 0 Å². The van der Waals surface area contributed by atoms with Crippen LogP contribution >= 0.6 is 11.6 Å². The molecule has 1 nitrogen and oxygen atoms in total. The molecule has 0 amide bonds. The molecule has 0 aliphatic heterocycles. The van der Waals surface area contributed by atoms with Crippen LogP contribution in [0.1, 0.15) is 44.4 Å². The van der Waals surface area contributed by atoms with E-state index in [4.69, 9.17) is 11.6 Å². The molecule has 128 valence electrons. The number of alkyl halides is 1. The average molecular weight is 338 g/mol. The standard InChI is InChI=1S/C8H10.C6H6ClN.C6H13F/c1-7-3-5-8(2)6-4-7;1-5-2-3-6(7)8-4-5;1-5(2)6(3,4)7/h3-6H,1-2H3;2-4H,1H3;5H,1-4H3. The molecule has 23 heavy (non-hydrogen) atoms. The van der Waals surface area contributed by atoms with Crippen molar-refractivity contribution in [3.8, 4) is 0 Å². The third kappa shape index (κ3) is 11.8. The third-order valence-electron chi connectivity index (χ3n) is 3.47. The zero-order valence-electron chi connectivity index (χ0n) is 15.3. The van der Waals surface area contributed by atoms with Gasteiger partial charge in [-0.25, -0.2) is 9.37 Å². The number of benzene rings is 1. The molecule has 0 bridgehead atoms. The molecule has 2 aromatic rings. The van der Waals surface area contributed by atoms with Gasteiger partial charge in [0.25, 0.3) is 0 Å². The Kier molecular flexibility index (Phi) is 9.74. The number of aryl methyl sites for hydroxylation is 3. The van der Waals surface area contributed by atoms with Crippen molar-refractivity contribution < 1.29 is 4.39 Å². The molecule has 0 unspecified atom stereocenters. The van der Waals surface area contributed by atoms with Crippen LogP contribution in [0.4, 0.5) is 4.39 Å². The number of rotatable bonds is 1. The van der Waals surface area contributed by atoms with Crippen LogP contribution in [0.2, 0.25) is 5.15 Å².